The molecule has 0 saturated carbocycles. The highest BCUT2D eigenvalue weighted by molar-refractivity contribution is 5.55. The molecule has 0 radical (unpaired) electrons. The third-order valence-corrected chi connectivity index (χ3v) is 4.96. The zero-order valence-corrected chi connectivity index (χ0v) is 16.8. The van der Waals surface area contributed by atoms with E-state index in [0.29, 0.717) is 18.6 Å². The average molecular weight is 359 g/mol. The van der Waals surface area contributed by atoms with Crippen molar-refractivity contribution in [1.82, 2.24) is 0 Å². The predicted octanol–water partition coefficient (Wildman–Crippen LogP) is 6.14. The Bertz CT molecular complexity index is 663. The monoisotopic (exact) mass is 358 g/mol. The van der Waals surface area contributed by atoms with Gasteiger partial charge >= 0.3 is 0 Å². The number of unbranched alkanes of at least 4 members (excludes halogenated alkanes) is 2. The van der Waals surface area contributed by atoms with Crippen LogP contribution in [-0.2, 0) is 17.6 Å². The number of benzene rings is 1. The minimum Gasteiger partial charge on any atom is -0.508 e. The number of rotatable bonds is 10. The molecular formula is C23H34O3. The summed E-state index contributed by atoms with van der Waals surface area (Å²) in [5.41, 5.74) is 5.16. The molecule has 1 aliphatic heterocycles. The summed E-state index contributed by atoms with van der Waals surface area (Å²) in [7, 11) is 0. The molecule has 0 spiro atoms. The van der Waals surface area contributed by atoms with E-state index in [2.05, 4.69) is 39.8 Å². The Kier molecular flexibility index (Phi) is 7.77. The SMILES string of the molecule is CCCCCc1cc(O)c(C/C=C(\C)CCC=C(C)C)c(O)c1C1CO1. The number of aryl methyl sites for hydroxylation is 1. The molecule has 0 bridgehead atoms. The molecule has 1 aromatic carbocycles. The maximum absolute atomic E-state index is 10.8. The van der Waals surface area contributed by atoms with E-state index >= 15 is 0 Å². The molecule has 26 heavy (non-hydrogen) atoms. The fourth-order valence-corrected chi connectivity index (χ4v) is 3.28. The Morgan fingerprint density at radius 2 is 1.92 bits per heavy atom. The molecule has 1 atom stereocenters. The van der Waals surface area contributed by atoms with Gasteiger partial charge < -0.3 is 14.9 Å². The number of aromatic hydroxyl groups is 2. The molecule has 1 heterocycles. The van der Waals surface area contributed by atoms with Gasteiger partial charge in [0.2, 0.25) is 0 Å². The number of phenolic OH excluding ortho intramolecular Hbond substituents is 2. The quantitative estimate of drug-likeness (QED) is 0.300. The lowest BCUT2D eigenvalue weighted by Crippen LogP contribution is -1.99. The summed E-state index contributed by atoms with van der Waals surface area (Å²) >= 11 is 0. The van der Waals surface area contributed by atoms with Crippen molar-refractivity contribution in [2.75, 3.05) is 6.61 Å². The van der Waals surface area contributed by atoms with Crippen molar-refractivity contribution in [3.63, 3.8) is 0 Å². The number of hydrogen-bond donors (Lipinski definition) is 2. The topological polar surface area (TPSA) is 53.0 Å². The van der Waals surface area contributed by atoms with E-state index in [4.69, 9.17) is 4.74 Å². The normalized spacial score (nSPS) is 16.6. The lowest BCUT2D eigenvalue weighted by Gasteiger charge is -2.15. The van der Waals surface area contributed by atoms with Gasteiger partial charge in [0.05, 0.1) is 6.61 Å². The molecule has 144 valence electrons. The van der Waals surface area contributed by atoms with E-state index in [1.165, 1.54) is 11.1 Å². The van der Waals surface area contributed by atoms with Crippen molar-refractivity contribution in [2.24, 2.45) is 0 Å². The molecule has 1 fully saturated rings. The van der Waals surface area contributed by atoms with E-state index in [0.717, 1.165) is 49.7 Å². The summed E-state index contributed by atoms with van der Waals surface area (Å²) in [6.07, 6.45) is 11.2. The van der Waals surface area contributed by atoms with Gasteiger partial charge in [-0.25, -0.2) is 0 Å². The molecule has 0 aromatic heterocycles. The van der Waals surface area contributed by atoms with Crippen LogP contribution in [0.15, 0.2) is 29.4 Å². The minimum absolute atomic E-state index is 0.00582. The maximum Gasteiger partial charge on any atom is 0.128 e. The molecule has 0 amide bonds. The van der Waals surface area contributed by atoms with Gasteiger partial charge in [-0.2, -0.15) is 0 Å². The first-order valence-corrected chi connectivity index (χ1v) is 9.91. The van der Waals surface area contributed by atoms with Gasteiger partial charge in [-0.1, -0.05) is 43.1 Å². The summed E-state index contributed by atoms with van der Waals surface area (Å²) in [5, 5.41) is 21.3. The van der Waals surface area contributed by atoms with Crippen molar-refractivity contribution in [3.05, 3.63) is 46.1 Å². The Hall–Kier alpha value is -1.74. The number of allylic oxidation sites excluding steroid dienone is 4. The van der Waals surface area contributed by atoms with Gasteiger partial charge in [0.1, 0.15) is 17.6 Å². The average Bonchev–Trinajstić information content (AvgIpc) is 3.39. The lowest BCUT2D eigenvalue weighted by atomic mass is 9.93. The van der Waals surface area contributed by atoms with Crippen LogP contribution in [0.2, 0.25) is 0 Å². The Labute approximate surface area is 158 Å². The largest absolute Gasteiger partial charge is 0.508 e. The van der Waals surface area contributed by atoms with Crippen LogP contribution in [0, 0.1) is 0 Å². The number of phenols is 2. The molecule has 3 nitrogen and oxygen atoms in total. The second kappa shape index (κ2) is 9.82. The number of epoxide rings is 1. The zero-order valence-electron chi connectivity index (χ0n) is 16.8. The summed E-state index contributed by atoms with van der Waals surface area (Å²) in [5.74, 6) is 0.430. The van der Waals surface area contributed by atoms with Gasteiger partial charge in [-0.05, 0) is 64.5 Å². The molecule has 1 aliphatic rings. The molecule has 2 N–H and O–H groups in total. The molecule has 3 heteroatoms. The van der Waals surface area contributed by atoms with Gasteiger partial charge in [0.25, 0.3) is 0 Å². The van der Waals surface area contributed by atoms with Gasteiger partial charge in [0.15, 0.2) is 0 Å². The first kappa shape index (κ1) is 20.6. The van der Waals surface area contributed by atoms with E-state index in [-0.39, 0.29) is 17.6 Å². The highest BCUT2D eigenvalue weighted by atomic mass is 16.6. The van der Waals surface area contributed by atoms with Gasteiger partial charge in [0, 0.05) is 11.1 Å². The molecule has 1 saturated heterocycles. The zero-order chi connectivity index (χ0) is 19.1. The molecule has 1 unspecified atom stereocenters. The van der Waals surface area contributed by atoms with Gasteiger partial charge in [-0.15, -0.1) is 0 Å². The standard InChI is InChI=1S/C23H34O3/c1-5-6-7-11-18-14-20(24)19(23(25)22(18)21-15-26-21)13-12-17(4)10-8-9-16(2)3/h9,12,14,21,24-25H,5-8,10-11,13,15H2,1-4H3/b17-12+. The Morgan fingerprint density at radius 3 is 2.54 bits per heavy atom. The van der Waals surface area contributed by atoms with Crippen molar-refractivity contribution >= 4 is 0 Å². The van der Waals surface area contributed by atoms with Crippen LogP contribution in [0.25, 0.3) is 0 Å². The van der Waals surface area contributed by atoms with Crippen LogP contribution in [-0.4, -0.2) is 16.8 Å². The third-order valence-electron chi connectivity index (χ3n) is 4.96. The van der Waals surface area contributed by atoms with Crippen LogP contribution in [0.3, 0.4) is 0 Å². The fraction of sp³-hybridized carbons (Fsp3) is 0.565. The minimum atomic E-state index is -0.00582. The van der Waals surface area contributed by atoms with Crippen LogP contribution in [0.5, 0.6) is 11.5 Å². The van der Waals surface area contributed by atoms with Crippen molar-refractivity contribution in [1.29, 1.82) is 0 Å². The van der Waals surface area contributed by atoms with Crippen LogP contribution < -0.4 is 0 Å². The summed E-state index contributed by atoms with van der Waals surface area (Å²) in [6.45, 7) is 9.17. The highest BCUT2D eigenvalue weighted by Gasteiger charge is 2.32. The van der Waals surface area contributed by atoms with E-state index in [1.807, 2.05) is 6.07 Å². The highest BCUT2D eigenvalue weighted by Crippen LogP contribution is 2.44. The molecule has 1 aromatic rings. The fourth-order valence-electron chi connectivity index (χ4n) is 3.28. The number of ether oxygens (including phenoxy) is 1. The Balaban J connectivity index is 2.15. The van der Waals surface area contributed by atoms with E-state index in [9.17, 15) is 10.2 Å². The lowest BCUT2D eigenvalue weighted by molar-refractivity contribution is 0.393. The van der Waals surface area contributed by atoms with E-state index in [1.54, 1.807) is 0 Å². The van der Waals surface area contributed by atoms with Crippen LogP contribution in [0.1, 0.15) is 82.6 Å². The summed E-state index contributed by atoms with van der Waals surface area (Å²) < 4.78 is 5.45. The number of hydrogen-bond acceptors (Lipinski definition) is 3. The Morgan fingerprint density at radius 1 is 1.19 bits per heavy atom. The smallest absolute Gasteiger partial charge is 0.128 e. The third kappa shape index (κ3) is 5.91. The molecule has 2 rings (SSSR count). The summed E-state index contributed by atoms with van der Waals surface area (Å²) in [6, 6.07) is 1.84. The second-order valence-corrected chi connectivity index (χ2v) is 7.65. The van der Waals surface area contributed by atoms with Crippen LogP contribution in [0.4, 0.5) is 0 Å². The first-order valence-electron chi connectivity index (χ1n) is 9.91. The van der Waals surface area contributed by atoms with Crippen molar-refractivity contribution in [3.8, 4) is 11.5 Å². The van der Waals surface area contributed by atoms with Crippen molar-refractivity contribution < 1.29 is 14.9 Å². The van der Waals surface area contributed by atoms with Crippen molar-refractivity contribution in [2.45, 2.75) is 78.7 Å². The first-order chi connectivity index (χ1) is 12.4. The predicted molar refractivity (Wildman–Crippen MR) is 108 cm³/mol. The summed E-state index contributed by atoms with van der Waals surface area (Å²) in [4.78, 5) is 0. The van der Waals surface area contributed by atoms with Crippen LogP contribution >= 0.6 is 0 Å². The maximum atomic E-state index is 10.8. The van der Waals surface area contributed by atoms with Gasteiger partial charge in [-0.3, -0.25) is 0 Å². The van der Waals surface area contributed by atoms with E-state index < -0.39 is 0 Å². The molecular weight excluding hydrogens is 324 g/mol. The molecule has 0 aliphatic carbocycles. The second-order valence-electron chi connectivity index (χ2n) is 7.65.